The van der Waals surface area contributed by atoms with Crippen molar-refractivity contribution in [3.8, 4) is 5.75 Å². The van der Waals surface area contributed by atoms with Crippen molar-refractivity contribution in [1.82, 2.24) is 10.3 Å². The topological polar surface area (TPSA) is 34.1 Å². The number of hydrogen-bond donors (Lipinski definition) is 1. The first-order chi connectivity index (χ1) is 9.19. The Bertz CT molecular complexity index is 524. The molecule has 1 N–H and O–H groups in total. The van der Waals surface area contributed by atoms with Crippen LogP contribution in [0.25, 0.3) is 0 Å². The van der Waals surface area contributed by atoms with Crippen LogP contribution in [0.1, 0.15) is 36.2 Å². The van der Waals surface area contributed by atoms with Crippen LogP contribution in [0.4, 0.5) is 0 Å². The van der Waals surface area contributed by atoms with E-state index in [0.717, 1.165) is 23.0 Å². The number of thiazole rings is 1. The Kier molecular flexibility index (Phi) is 4.93. The molecule has 1 heterocycles. The second-order valence-electron chi connectivity index (χ2n) is 4.50. The van der Waals surface area contributed by atoms with E-state index in [1.165, 1.54) is 5.56 Å². The SMILES string of the molecule is CCNC(C)c1cccc(OCc2csc(C)n2)c1. The van der Waals surface area contributed by atoms with Gasteiger partial charge in [0, 0.05) is 11.4 Å². The zero-order chi connectivity index (χ0) is 13.7. The maximum Gasteiger partial charge on any atom is 0.131 e. The standard InChI is InChI=1S/C15H20N2OS/c1-4-16-11(2)13-6-5-7-15(8-13)18-9-14-10-19-12(3)17-14/h5-8,10-11,16H,4,9H2,1-3H3. The van der Waals surface area contributed by atoms with Crippen LogP contribution in [0.15, 0.2) is 29.6 Å². The van der Waals surface area contributed by atoms with Crippen LogP contribution >= 0.6 is 11.3 Å². The number of hydrogen-bond acceptors (Lipinski definition) is 4. The average Bonchev–Trinajstić information content (AvgIpc) is 2.83. The number of ether oxygens (including phenoxy) is 1. The molecule has 1 aromatic carbocycles. The van der Waals surface area contributed by atoms with Crippen LogP contribution < -0.4 is 10.1 Å². The summed E-state index contributed by atoms with van der Waals surface area (Å²) in [5.74, 6) is 0.896. The summed E-state index contributed by atoms with van der Waals surface area (Å²) in [5, 5.41) is 6.52. The maximum absolute atomic E-state index is 5.79. The molecule has 102 valence electrons. The van der Waals surface area contributed by atoms with Gasteiger partial charge in [0.05, 0.1) is 10.7 Å². The molecule has 0 aliphatic carbocycles. The summed E-state index contributed by atoms with van der Waals surface area (Å²) in [5.41, 5.74) is 2.24. The average molecular weight is 276 g/mol. The normalized spacial score (nSPS) is 12.4. The van der Waals surface area contributed by atoms with Gasteiger partial charge in [-0.1, -0.05) is 19.1 Å². The summed E-state index contributed by atoms with van der Waals surface area (Å²) in [7, 11) is 0. The second kappa shape index (κ2) is 6.68. The molecular weight excluding hydrogens is 256 g/mol. The van der Waals surface area contributed by atoms with Crippen molar-refractivity contribution in [3.05, 3.63) is 45.9 Å². The summed E-state index contributed by atoms with van der Waals surface area (Å²) in [6, 6.07) is 8.57. The first kappa shape index (κ1) is 14.0. The molecule has 0 saturated carbocycles. The van der Waals surface area contributed by atoms with Crippen LogP contribution in [0.2, 0.25) is 0 Å². The van der Waals surface area contributed by atoms with Crippen molar-refractivity contribution in [2.24, 2.45) is 0 Å². The maximum atomic E-state index is 5.79. The highest BCUT2D eigenvalue weighted by Gasteiger charge is 2.05. The van der Waals surface area contributed by atoms with Crippen molar-refractivity contribution >= 4 is 11.3 Å². The molecule has 0 aliphatic rings. The molecule has 0 spiro atoms. The van der Waals surface area contributed by atoms with Gasteiger partial charge < -0.3 is 10.1 Å². The Morgan fingerprint density at radius 1 is 1.42 bits per heavy atom. The molecule has 3 nitrogen and oxygen atoms in total. The largest absolute Gasteiger partial charge is 0.487 e. The van der Waals surface area contributed by atoms with E-state index in [9.17, 15) is 0 Å². The zero-order valence-corrected chi connectivity index (χ0v) is 12.5. The van der Waals surface area contributed by atoms with Gasteiger partial charge in [-0.05, 0) is 38.1 Å². The predicted molar refractivity (Wildman–Crippen MR) is 79.7 cm³/mol. The van der Waals surface area contributed by atoms with Crippen LogP contribution in [-0.2, 0) is 6.61 Å². The summed E-state index contributed by atoms with van der Waals surface area (Å²) in [6.45, 7) is 7.77. The minimum Gasteiger partial charge on any atom is -0.487 e. The molecule has 2 rings (SSSR count). The van der Waals surface area contributed by atoms with E-state index in [1.807, 2.05) is 24.4 Å². The van der Waals surface area contributed by atoms with Crippen molar-refractivity contribution in [3.63, 3.8) is 0 Å². The van der Waals surface area contributed by atoms with E-state index >= 15 is 0 Å². The minimum absolute atomic E-state index is 0.343. The van der Waals surface area contributed by atoms with Gasteiger partial charge in [-0.2, -0.15) is 0 Å². The molecule has 0 radical (unpaired) electrons. The number of nitrogens with one attached hydrogen (secondary N) is 1. The Balaban J connectivity index is 1.98. The molecule has 0 saturated heterocycles. The third kappa shape index (κ3) is 4.04. The predicted octanol–water partition coefficient (Wildman–Crippen LogP) is 3.70. The van der Waals surface area contributed by atoms with Crippen LogP contribution in [0, 0.1) is 6.92 Å². The molecule has 0 bridgehead atoms. The van der Waals surface area contributed by atoms with E-state index in [4.69, 9.17) is 4.74 Å². The molecule has 1 aromatic heterocycles. The minimum atomic E-state index is 0.343. The summed E-state index contributed by atoms with van der Waals surface area (Å²) >= 11 is 1.65. The number of aryl methyl sites for hydroxylation is 1. The third-order valence-electron chi connectivity index (χ3n) is 2.92. The highest BCUT2D eigenvalue weighted by molar-refractivity contribution is 7.09. The number of aromatic nitrogens is 1. The van der Waals surface area contributed by atoms with Gasteiger partial charge in [-0.3, -0.25) is 0 Å². The van der Waals surface area contributed by atoms with E-state index in [0.29, 0.717) is 12.6 Å². The van der Waals surface area contributed by atoms with E-state index in [1.54, 1.807) is 11.3 Å². The van der Waals surface area contributed by atoms with Gasteiger partial charge in [-0.15, -0.1) is 11.3 Å². The molecule has 0 fully saturated rings. The Morgan fingerprint density at radius 2 is 2.26 bits per heavy atom. The van der Waals surface area contributed by atoms with Crippen LogP contribution in [0.5, 0.6) is 5.75 Å². The third-order valence-corrected chi connectivity index (χ3v) is 3.74. The van der Waals surface area contributed by atoms with Crippen molar-refractivity contribution in [1.29, 1.82) is 0 Å². The summed E-state index contributed by atoms with van der Waals surface area (Å²) in [4.78, 5) is 4.39. The lowest BCUT2D eigenvalue weighted by Crippen LogP contribution is -2.17. The van der Waals surface area contributed by atoms with Crippen molar-refractivity contribution < 1.29 is 4.74 Å². The van der Waals surface area contributed by atoms with Gasteiger partial charge in [0.1, 0.15) is 12.4 Å². The lowest BCUT2D eigenvalue weighted by atomic mass is 10.1. The molecule has 0 amide bonds. The van der Waals surface area contributed by atoms with Gasteiger partial charge in [-0.25, -0.2) is 4.98 Å². The van der Waals surface area contributed by atoms with Gasteiger partial charge in [0.2, 0.25) is 0 Å². The lowest BCUT2D eigenvalue weighted by molar-refractivity contribution is 0.301. The zero-order valence-electron chi connectivity index (χ0n) is 11.6. The smallest absolute Gasteiger partial charge is 0.131 e. The Morgan fingerprint density at radius 3 is 2.95 bits per heavy atom. The lowest BCUT2D eigenvalue weighted by Gasteiger charge is -2.14. The number of nitrogens with zero attached hydrogens (tertiary/aromatic N) is 1. The van der Waals surface area contributed by atoms with Crippen LogP contribution in [-0.4, -0.2) is 11.5 Å². The fraction of sp³-hybridized carbons (Fsp3) is 0.400. The highest BCUT2D eigenvalue weighted by Crippen LogP contribution is 2.20. The van der Waals surface area contributed by atoms with Crippen molar-refractivity contribution in [2.75, 3.05) is 6.54 Å². The second-order valence-corrected chi connectivity index (χ2v) is 5.56. The molecule has 2 aromatic rings. The Labute approximate surface area is 118 Å². The first-order valence-corrected chi connectivity index (χ1v) is 7.44. The van der Waals surface area contributed by atoms with E-state index < -0.39 is 0 Å². The monoisotopic (exact) mass is 276 g/mol. The molecule has 4 heteroatoms. The van der Waals surface area contributed by atoms with E-state index in [-0.39, 0.29) is 0 Å². The molecule has 19 heavy (non-hydrogen) atoms. The fourth-order valence-corrected chi connectivity index (χ4v) is 2.53. The molecular formula is C15H20N2OS. The quantitative estimate of drug-likeness (QED) is 0.873. The number of benzene rings is 1. The summed E-state index contributed by atoms with van der Waals surface area (Å²) in [6.07, 6.45) is 0. The molecule has 1 unspecified atom stereocenters. The van der Waals surface area contributed by atoms with Gasteiger partial charge >= 0.3 is 0 Å². The van der Waals surface area contributed by atoms with Gasteiger partial charge in [0.15, 0.2) is 0 Å². The summed E-state index contributed by atoms with van der Waals surface area (Å²) < 4.78 is 5.79. The van der Waals surface area contributed by atoms with Gasteiger partial charge in [0.25, 0.3) is 0 Å². The van der Waals surface area contributed by atoms with Crippen molar-refractivity contribution in [2.45, 2.75) is 33.4 Å². The van der Waals surface area contributed by atoms with E-state index in [2.05, 4.69) is 36.3 Å². The molecule has 1 atom stereocenters. The first-order valence-electron chi connectivity index (χ1n) is 6.56. The fourth-order valence-electron chi connectivity index (χ4n) is 1.93. The number of rotatable bonds is 6. The van der Waals surface area contributed by atoms with Crippen LogP contribution in [0.3, 0.4) is 0 Å². The molecule has 0 aliphatic heterocycles. The Hall–Kier alpha value is -1.39. The highest BCUT2D eigenvalue weighted by atomic mass is 32.1.